The summed E-state index contributed by atoms with van der Waals surface area (Å²) < 4.78 is 0. The molecule has 0 aliphatic carbocycles. The maximum atomic E-state index is 10.7. The lowest BCUT2D eigenvalue weighted by atomic mass is 10.3. The van der Waals surface area contributed by atoms with Gasteiger partial charge in [0, 0.05) is 6.20 Å². The summed E-state index contributed by atoms with van der Waals surface area (Å²) in [5.41, 5.74) is -0.888. The summed E-state index contributed by atoms with van der Waals surface area (Å²) in [6.07, 6.45) is 1.01. The maximum absolute atomic E-state index is 10.7. The summed E-state index contributed by atoms with van der Waals surface area (Å²) in [4.78, 5) is 13.1. The van der Waals surface area contributed by atoms with Gasteiger partial charge in [-0.2, -0.15) is 0 Å². The number of H-pyrrole nitrogens is 1. The lowest BCUT2D eigenvalue weighted by Crippen LogP contribution is -2.04. The molecule has 0 aromatic carbocycles. The van der Waals surface area contributed by atoms with Crippen LogP contribution in [0.15, 0.2) is 11.0 Å². The van der Waals surface area contributed by atoms with E-state index in [4.69, 9.17) is 15.3 Å². The number of aromatic amines is 1. The Bertz CT molecular complexity index is 317. The largest absolute Gasteiger partial charge is 0.503 e. The Hall–Kier alpha value is -1.49. The van der Waals surface area contributed by atoms with E-state index < -0.39 is 23.5 Å². The monoisotopic (exact) mass is 157 g/mol. The summed E-state index contributed by atoms with van der Waals surface area (Å²) in [5.74, 6) is -1.22. The SMILES string of the molecule is O=c1c(O)c[nH]c(CO)c1O. The van der Waals surface area contributed by atoms with Crippen LogP contribution in [0, 0.1) is 0 Å². The topological polar surface area (TPSA) is 93.5 Å². The van der Waals surface area contributed by atoms with Crippen molar-refractivity contribution in [3.8, 4) is 11.5 Å². The third-order valence-corrected chi connectivity index (χ3v) is 1.27. The molecule has 1 rings (SSSR count). The molecular formula is C6H7NO4. The Labute approximate surface area is 61.6 Å². The molecule has 0 saturated heterocycles. The fourth-order valence-electron chi connectivity index (χ4n) is 0.668. The zero-order valence-corrected chi connectivity index (χ0v) is 5.53. The Morgan fingerprint density at radius 2 is 2.09 bits per heavy atom. The van der Waals surface area contributed by atoms with Crippen molar-refractivity contribution >= 4 is 0 Å². The summed E-state index contributed by atoms with van der Waals surface area (Å²) in [6, 6.07) is 0. The standard InChI is InChI=1S/C6H7NO4/c8-2-3-5(10)6(11)4(9)1-7-3/h1,8-10H,2H2,(H,7,11). The van der Waals surface area contributed by atoms with E-state index in [1.807, 2.05) is 0 Å². The van der Waals surface area contributed by atoms with Crippen molar-refractivity contribution in [1.29, 1.82) is 0 Å². The van der Waals surface area contributed by atoms with Crippen LogP contribution >= 0.6 is 0 Å². The predicted molar refractivity (Wildman–Crippen MR) is 36.3 cm³/mol. The van der Waals surface area contributed by atoms with Crippen molar-refractivity contribution in [3.63, 3.8) is 0 Å². The van der Waals surface area contributed by atoms with Gasteiger partial charge >= 0.3 is 0 Å². The number of rotatable bonds is 1. The second-order valence-corrected chi connectivity index (χ2v) is 1.99. The van der Waals surface area contributed by atoms with Gasteiger partial charge in [0.1, 0.15) is 0 Å². The second kappa shape index (κ2) is 2.63. The van der Waals surface area contributed by atoms with Gasteiger partial charge in [-0.25, -0.2) is 0 Å². The number of aliphatic hydroxyl groups is 1. The number of pyridine rings is 1. The van der Waals surface area contributed by atoms with Crippen LogP contribution in [0.25, 0.3) is 0 Å². The first kappa shape index (κ1) is 7.62. The minimum atomic E-state index is -0.882. The lowest BCUT2D eigenvalue weighted by Gasteiger charge is -1.99. The molecule has 0 atom stereocenters. The fourth-order valence-corrected chi connectivity index (χ4v) is 0.668. The van der Waals surface area contributed by atoms with Gasteiger partial charge in [0.2, 0.25) is 0 Å². The first-order valence-corrected chi connectivity index (χ1v) is 2.90. The normalized spacial score (nSPS) is 9.91. The van der Waals surface area contributed by atoms with E-state index in [2.05, 4.69) is 4.98 Å². The number of aromatic nitrogens is 1. The zero-order chi connectivity index (χ0) is 8.43. The number of aromatic hydroxyl groups is 2. The minimum absolute atomic E-state index is 0.00667. The molecule has 4 N–H and O–H groups in total. The molecule has 0 saturated carbocycles. The molecule has 1 heterocycles. The molecule has 0 spiro atoms. The van der Waals surface area contributed by atoms with Gasteiger partial charge in [0.25, 0.3) is 5.43 Å². The predicted octanol–water partition coefficient (Wildman–Crippen LogP) is -0.722. The van der Waals surface area contributed by atoms with Crippen LogP contribution in [0.2, 0.25) is 0 Å². The summed E-state index contributed by atoms with van der Waals surface area (Å²) in [7, 11) is 0. The van der Waals surface area contributed by atoms with Crippen LogP contribution in [0.5, 0.6) is 11.5 Å². The van der Waals surface area contributed by atoms with Gasteiger partial charge in [-0.15, -0.1) is 0 Å². The number of hydrogen-bond acceptors (Lipinski definition) is 4. The Kier molecular flexibility index (Phi) is 1.82. The van der Waals surface area contributed by atoms with Crippen molar-refractivity contribution in [2.45, 2.75) is 6.61 Å². The average Bonchev–Trinajstić information content (AvgIpc) is 2.01. The van der Waals surface area contributed by atoms with Crippen molar-refractivity contribution in [2.75, 3.05) is 0 Å². The van der Waals surface area contributed by atoms with Crippen LogP contribution in [0.1, 0.15) is 5.69 Å². The van der Waals surface area contributed by atoms with E-state index in [0.29, 0.717) is 0 Å². The Morgan fingerprint density at radius 1 is 1.45 bits per heavy atom. The summed E-state index contributed by atoms with van der Waals surface area (Å²) in [5, 5.41) is 26.2. The van der Waals surface area contributed by atoms with E-state index in [1.165, 1.54) is 0 Å². The molecule has 1 aromatic rings. The molecule has 0 unspecified atom stereocenters. The molecule has 1 aromatic heterocycles. The molecule has 0 aliphatic heterocycles. The smallest absolute Gasteiger partial charge is 0.264 e. The van der Waals surface area contributed by atoms with Gasteiger partial charge in [0.05, 0.1) is 12.3 Å². The third kappa shape index (κ3) is 1.18. The highest BCUT2D eigenvalue weighted by atomic mass is 16.3. The maximum Gasteiger partial charge on any atom is 0.264 e. The van der Waals surface area contributed by atoms with Gasteiger partial charge < -0.3 is 20.3 Å². The van der Waals surface area contributed by atoms with Crippen LogP contribution in [-0.4, -0.2) is 20.3 Å². The molecule has 0 bridgehead atoms. The van der Waals surface area contributed by atoms with Crippen molar-refractivity contribution in [1.82, 2.24) is 4.98 Å². The van der Waals surface area contributed by atoms with Crippen molar-refractivity contribution in [2.24, 2.45) is 0 Å². The molecule has 0 aliphatic rings. The number of hydrogen-bond donors (Lipinski definition) is 4. The Morgan fingerprint density at radius 3 is 2.64 bits per heavy atom. The molecule has 0 radical (unpaired) electrons. The van der Waals surface area contributed by atoms with Gasteiger partial charge in [-0.1, -0.05) is 0 Å². The van der Waals surface area contributed by atoms with Crippen LogP contribution < -0.4 is 5.43 Å². The molecule has 0 fully saturated rings. The van der Waals surface area contributed by atoms with E-state index in [0.717, 1.165) is 6.20 Å². The fraction of sp³-hybridized carbons (Fsp3) is 0.167. The number of aliphatic hydroxyl groups excluding tert-OH is 1. The van der Waals surface area contributed by atoms with Gasteiger partial charge in [0.15, 0.2) is 11.5 Å². The van der Waals surface area contributed by atoms with E-state index in [-0.39, 0.29) is 5.69 Å². The molecule has 60 valence electrons. The highest BCUT2D eigenvalue weighted by Crippen LogP contribution is 2.11. The molecule has 5 heteroatoms. The van der Waals surface area contributed by atoms with Crippen LogP contribution in [0.3, 0.4) is 0 Å². The average molecular weight is 157 g/mol. The number of nitrogens with one attached hydrogen (secondary N) is 1. The minimum Gasteiger partial charge on any atom is -0.503 e. The molecule has 0 amide bonds. The van der Waals surface area contributed by atoms with Crippen LogP contribution in [0.4, 0.5) is 0 Å². The van der Waals surface area contributed by atoms with E-state index in [1.54, 1.807) is 0 Å². The lowest BCUT2D eigenvalue weighted by molar-refractivity contribution is 0.268. The first-order valence-electron chi connectivity index (χ1n) is 2.90. The van der Waals surface area contributed by atoms with Gasteiger partial charge in [-0.3, -0.25) is 4.79 Å². The highest BCUT2D eigenvalue weighted by molar-refractivity contribution is 5.32. The third-order valence-electron chi connectivity index (χ3n) is 1.27. The van der Waals surface area contributed by atoms with Crippen molar-refractivity contribution in [3.05, 3.63) is 22.1 Å². The zero-order valence-electron chi connectivity index (χ0n) is 5.53. The van der Waals surface area contributed by atoms with Gasteiger partial charge in [-0.05, 0) is 0 Å². The first-order chi connectivity index (χ1) is 5.16. The molecule has 5 nitrogen and oxygen atoms in total. The van der Waals surface area contributed by atoms with Crippen LogP contribution in [-0.2, 0) is 6.61 Å². The second-order valence-electron chi connectivity index (χ2n) is 1.99. The highest BCUT2D eigenvalue weighted by Gasteiger charge is 2.07. The van der Waals surface area contributed by atoms with E-state index in [9.17, 15) is 4.79 Å². The quantitative estimate of drug-likeness (QED) is 0.432. The molecule has 11 heavy (non-hydrogen) atoms. The summed E-state index contributed by atoms with van der Waals surface area (Å²) in [6.45, 7) is -0.471. The summed E-state index contributed by atoms with van der Waals surface area (Å²) >= 11 is 0. The molecular weight excluding hydrogens is 150 g/mol. The van der Waals surface area contributed by atoms with Crippen molar-refractivity contribution < 1.29 is 15.3 Å². The van der Waals surface area contributed by atoms with E-state index >= 15 is 0 Å². The Balaban J connectivity index is 3.37.